The van der Waals surface area contributed by atoms with Crippen molar-refractivity contribution >= 4 is 17.5 Å². The largest absolute Gasteiger partial charge is 0.497 e. The fraction of sp³-hybridized carbons (Fsp3) is 0.467. The minimum absolute atomic E-state index is 0.471. The minimum atomic E-state index is -0.592. The molecule has 21 heavy (non-hydrogen) atoms. The number of piperazine rings is 1. The maximum Gasteiger partial charge on any atom is 0.313 e. The molecule has 1 saturated heterocycles. The highest BCUT2D eigenvalue weighted by Gasteiger charge is 2.25. The Hall–Kier alpha value is -2.08. The number of nitrogens with one attached hydrogen (secondary N) is 1. The van der Waals surface area contributed by atoms with E-state index >= 15 is 0 Å². The molecule has 0 radical (unpaired) electrons. The maximum atomic E-state index is 12.1. The number of benzene rings is 1. The zero-order valence-electron chi connectivity index (χ0n) is 12.5. The summed E-state index contributed by atoms with van der Waals surface area (Å²) in [6.45, 7) is 5.90. The molecule has 0 aromatic heterocycles. The van der Waals surface area contributed by atoms with E-state index in [-0.39, 0.29) is 0 Å². The third-order valence-corrected chi connectivity index (χ3v) is 3.65. The van der Waals surface area contributed by atoms with Gasteiger partial charge >= 0.3 is 11.8 Å². The van der Waals surface area contributed by atoms with Crippen LogP contribution in [0.5, 0.6) is 5.75 Å². The first-order valence-electron chi connectivity index (χ1n) is 7.10. The normalized spacial score (nSPS) is 15.6. The van der Waals surface area contributed by atoms with Crippen LogP contribution in [-0.2, 0) is 9.59 Å². The van der Waals surface area contributed by atoms with Crippen molar-refractivity contribution in [2.24, 2.45) is 0 Å². The molecule has 1 aromatic rings. The minimum Gasteiger partial charge on any atom is -0.497 e. The van der Waals surface area contributed by atoms with Crippen molar-refractivity contribution in [3.05, 3.63) is 24.3 Å². The van der Waals surface area contributed by atoms with Gasteiger partial charge in [0.2, 0.25) is 0 Å². The van der Waals surface area contributed by atoms with E-state index in [1.807, 2.05) is 0 Å². The lowest BCUT2D eigenvalue weighted by molar-refractivity contribution is -0.144. The molecule has 1 heterocycles. The fourth-order valence-corrected chi connectivity index (χ4v) is 2.27. The van der Waals surface area contributed by atoms with Gasteiger partial charge in [0, 0.05) is 31.9 Å². The zero-order chi connectivity index (χ0) is 15.2. The Bertz CT molecular complexity index is 493. The standard InChI is InChI=1S/C15H21N3O3/c1-3-17-8-10-18(11-9-17)15(20)14(19)16-12-4-6-13(21-2)7-5-12/h4-7H,3,8-11H2,1-2H3,(H,16,19). The maximum absolute atomic E-state index is 12.1. The summed E-state index contributed by atoms with van der Waals surface area (Å²) in [6.07, 6.45) is 0. The summed E-state index contributed by atoms with van der Waals surface area (Å²) in [4.78, 5) is 27.9. The van der Waals surface area contributed by atoms with Crippen LogP contribution < -0.4 is 10.1 Å². The third-order valence-electron chi connectivity index (χ3n) is 3.65. The third kappa shape index (κ3) is 3.95. The molecule has 0 saturated carbocycles. The van der Waals surface area contributed by atoms with Crippen LogP contribution in [0, 0.1) is 0 Å². The van der Waals surface area contributed by atoms with Gasteiger partial charge in [-0.1, -0.05) is 6.92 Å². The summed E-state index contributed by atoms with van der Waals surface area (Å²) in [5.41, 5.74) is 0.585. The van der Waals surface area contributed by atoms with Crippen molar-refractivity contribution in [1.82, 2.24) is 9.80 Å². The Balaban J connectivity index is 1.89. The van der Waals surface area contributed by atoms with Crippen LogP contribution in [0.3, 0.4) is 0 Å². The fourth-order valence-electron chi connectivity index (χ4n) is 2.27. The average Bonchev–Trinajstić information content (AvgIpc) is 2.55. The number of ether oxygens (including phenoxy) is 1. The summed E-state index contributed by atoms with van der Waals surface area (Å²) in [6, 6.07) is 6.89. The second kappa shape index (κ2) is 7.08. The quantitative estimate of drug-likeness (QED) is 0.837. The lowest BCUT2D eigenvalue weighted by atomic mass is 10.2. The highest BCUT2D eigenvalue weighted by Crippen LogP contribution is 2.15. The lowest BCUT2D eigenvalue weighted by Crippen LogP contribution is -2.51. The summed E-state index contributed by atoms with van der Waals surface area (Å²) in [5, 5.41) is 2.62. The number of methoxy groups -OCH3 is 1. The SMILES string of the molecule is CCN1CCN(C(=O)C(=O)Nc2ccc(OC)cc2)CC1. The van der Waals surface area contributed by atoms with Gasteiger partial charge in [-0.15, -0.1) is 0 Å². The van der Waals surface area contributed by atoms with Crippen LogP contribution in [0.25, 0.3) is 0 Å². The van der Waals surface area contributed by atoms with Gasteiger partial charge in [-0.3, -0.25) is 9.59 Å². The number of carbonyl (C=O) groups excluding carboxylic acids is 2. The van der Waals surface area contributed by atoms with Gasteiger partial charge in [-0.2, -0.15) is 0 Å². The van der Waals surface area contributed by atoms with E-state index in [1.165, 1.54) is 0 Å². The van der Waals surface area contributed by atoms with Crippen LogP contribution in [0.1, 0.15) is 6.92 Å². The topological polar surface area (TPSA) is 61.9 Å². The van der Waals surface area contributed by atoms with Gasteiger partial charge in [0.1, 0.15) is 5.75 Å². The number of amides is 2. The number of likely N-dealkylation sites (N-methyl/N-ethyl adjacent to an activating group) is 1. The zero-order valence-corrected chi connectivity index (χ0v) is 12.5. The molecule has 6 heteroatoms. The molecular formula is C15H21N3O3. The Kier molecular flexibility index (Phi) is 5.16. The van der Waals surface area contributed by atoms with E-state index in [9.17, 15) is 9.59 Å². The average molecular weight is 291 g/mol. The molecule has 6 nitrogen and oxygen atoms in total. The van der Waals surface area contributed by atoms with Gasteiger partial charge in [0.15, 0.2) is 0 Å². The van der Waals surface area contributed by atoms with E-state index in [1.54, 1.807) is 36.3 Å². The molecule has 0 spiro atoms. The molecule has 114 valence electrons. The number of anilines is 1. The Morgan fingerprint density at radius 2 is 1.76 bits per heavy atom. The van der Waals surface area contributed by atoms with Crippen molar-refractivity contribution in [3.63, 3.8) is 0 Å². The summed E-state index contributed by atoms with van der Waals surface area (Å²) in [5.74, 6) is -0.360. The highest BCUT2D eigenvalue weighted by molar-refractivity contribution is 6.39. The molecule has 1 fully saturated rings. The van der Waals surface area contributed by atoms with Gasteiger partial charge in [0.05, 0.1) is 7.11 Å². The molecule has 1 aromatic carbocycles. The smallest absolute Gasteiger partial charge is 0.313 e. The van der Waals surface area contributed by atoms with E-state index in [4.69, 9.17) is 4.74 Å². The van der Waals surface area contributed by atoms with E-state index in [2.05, 4.69) is 17.1 Å². The molecule has 0 bridgehead atoms. The van der Waals surface area contributed by atoms with Crippen LogP contribution in [0.4, 0.5) is 5.69 Å². The molecule has 0 unspecified atom stereocenters. The molecule has 1 N–H and O–H groups in total. The first-order chi connectivity index (χ1) is 10.1. The molecule has 2 amide bonds. The van der Waals surface area contributed by atoms with Crippen molar-refractivity contribution < 1.29 is 14.3 Å². The molecular weight excluding hydrogens is 270 g/mol. The second-order valence-corrected chi connectivity index (χ2v) is 4.91. The summed E-state index contributed by atoms with van der Waals surface area (Å²) >= 11 is 0. The number of hydrogen-bond donors (Lipinski definition) is 1. The van der Waals surface area contributed by atoms with E-state index < -0.39 is 11.8 Å². The lowest BCUT2D eigenvalue weighted by Gasteiger charge is -2.33. The van der Waals surface area contributed by atoms with Crippen LogP contribution in [0.2, 0.25) is 0 Å². The van der Waals surface area contributed by atoms with Crippen LogP contribution >= 0.6 is 0 Å². The molecule has 1 aliphatic rings. The molecule has 0 atom stereocenters. The highest BCUT2D eigenvalue weighted by atomic mass is 16.5. The van der Waals surface area contributed by atoms with Gasteiger partial charge in [-0.05, 0) is 30.8 Å². The number of nitrogens with zero attached hydrogens (tertiary/aromatic N) is 2. The van der Waals surface area contributed by atoms with E-state index in [0.29, 0.717) is 24.5 Å². The molecule has 1 aliphatic heterocycles. The van der Waals surface area contributed by atoms with Gasteiger partial charge in [0.25, 0.3) is 0 Å². The number of rotatable bonds is 3. The summed E-state index contributed by atoms with van der Waals surface area (Å²) < 4.78 is 5.04. The second-order valence-electron chi connectivity index (χ2n) is 4.91. The van der Waals surface area contributed by atoms with Gasteiger partial charge < -0.3 is 19.9 Å². The van der Waals surface area contributed by atoms with Crippen molar-refractivity contribution in [3.8, 4) is 5.75 Å². The molecule has 2 rings (SSSR count). The van der Waals surface area contributed by atoms with Crippen molar-refractivity contribution in [2.75, 3.05) is 45.2 Å². The van der Waals surface area contributed by atoms with Crippen LogP contribution in [-0.4, -0.2) is 61.4 Å². The van der Waals surface area contributed by atoms with Crippen molar-refractivity contribution in [1.29, 1.82) is 0 Å². The Labute approximate surface area is 124 Å². The molecule has 0 aliphatic carbocycles. The van der Waals surface area contributed by atoms with E-state index in [0.717, 1.165) is 19.6 Å². The van der Waals surface area contributed by atoms with Gasteiger partial charge in [-0.25, -0.2) is 0 Å². The predicted octanol–water partition coefficient (Wildman–Crippen LogP) is 0.798. The first-order valence-corrected chi connectivity index (χ1v) is 7.10. The number of carbonyl (C=O) groups is 2. The van der Waals surface area contributed by atoms with Crippen LogP contribution in [0.15, 0.2) is 24.3 Å². The Morgan fingerprint density at radius 3 is 2.29 bits per heavy atom. The monoisotopic (exact) mass is 291 g/mol. The van der Waals surface area contributed by atoms with Crippen molar-refractivity contribution in [2.45, 2.75) is 6.92 Å². The predicted molar refractivity (Wildman–Crippen MR) is 80.3 cm³/mol. The number of hydrogen-bond acceptors (Lipinski definition) is 4. The Morgan fingerprint density at radius 1 is 1.14 bits per heavy atom. The first kappa shape index (κ1) is 15.3. The summed E-state index contributed by atoms with van der Waals surface area (Å²) in [7, 11) is 1.58.